The SMILES string of the molecule is Cc1ccc(NS(=O)(=O)c2cccc(C(=O)Nc3cccc(Cn4cncn4)c3)c2)cc1. The molecule has 1 aromatic heterocycles. The number of aromatic nitrogens is 3. The molecule has 0 spiro atoms. The molecule has 3 aromatic carbocycles. The normalized spacial score (nSPS) is 11.2. The molecule has 0 saturated carbocycles. The molecule has 162 valence electrons. The van der Waals surface area contributed by atoms with Crippen molar-refractivity contribution in [1.29, 1.82) is 0 Å². The third kappa shape index (κ3) is 5.19. The zero-order valence-corrected chi connectivity index (χ0v) is 18.1. The number of aryl methyl sites for hydroxylation is 1. The summed E-state index contributed by atoms with van der Waals surface area (Å²) in [7, 11) is -3.84. The number of nitrogens with zero attached hydrogens (tertiary/aromatic N) is 3. The fourth-order valence-electron chi connectivity index (χ4n) is 3.09. The van der Waals surface area contributed by atoms with Crippen LogP contribution in [0, 0.1) is 6.92 Å². The van der Waals surface area contributed by atoms with Crippen LogP contribution in [0.4, 0.5) is 11.4 Å². The number of hydrogen-bond acceptors (Lipinski definition) is 5. The van der Waals surface area contributed by atoms with Gasteiger partial charge in [0.05, 0.1) is 11.4 Å². The minimum absolute atomic E-state index is 0.00524. The summed E-state index contributed by atoms with van der Waals surface area (Å²) in [6.45, 7) is 2.44. The Morgan fingerprint density at radius 1 is 0.969 bits per heavy atom. The molecule has 0 unspecified atom stereocenters. The first-order chi connectivity index (χ1) is 15.4. The molecule has 2 N–H and O–H groups in total. The van der Waals surface area contributed by atoms with Gasteiger partial charge in [0.1, 0.15) is 12.7 Å². The van der Waals surface area contributed by atoms with E-state index in [1.54, 1.807) is 41.3 Å². The summed E-state index contributed by atoms with van der Waals surface area (Å²) in [4.78, 5) is 16.7. The van der Waals surface area contributed by atoms with Gasteiger partial charge < -0.3 is 5.32 Å². The highest BCUT2D eigenvalue weighted by atomic mass is 32.2. The van der Waals surface area contributed by atoms with Crippen LogP contribution >= 0.6 is 0 Å². The highest BCUT2D eigenvalue weighted by molar-refractivity contribution is 7.92. The van der Waals surface area contributed by atoms with Crippen LogP contribution in [0.3, 0.4) is 0 Å². The van der Waals surface area contributed by atoms with E-state index < -0.39 is 15.9 Å². The molecule has 9 heteroatoms. The van der Waals surface area contributed by atoms with Crippen molar-refractivity contribution in [2.45, 2.75) is 18.4 Å². The molecule has 1 heterocycles. The van der Waals surface area contributed by atoms with E-state index in [0.29, 0.717) is 17.9 Å². The Morgan fingerprint density at radius 2 is 1.75 bits per heavy atom. The molecular weight excluding hydrogens is 426 g/mol. The van der Waals surface area contributed by atoms with Gasteiger partial charge in [0.2, 0.25) is 0 Å². The molecule has 0 radical (unpaired) electrons. The first kappa shape index (κ1) is 21.3. The van der Waals surface area contributed by atoms with Crippen LogP contribution in [0.25, 0.3) is 0 Å². The molecule has 0 fully saturated rings. The van der Waals surface area contributed by atoms with Crippen LogP contribution in [0.2, 0.25) is 0 Å². The number of amides is 1. The van der Waals surface area contributed by atoms with Gasteiger partial charge in [0, 0.05) is 16.9 Å². The van der Waals surface area contributed by atoms with Crippen LogP contribution in [-0.2, 0) is 16.6 Å². The second-order valence-electron chi connectivity index (χ2n) is 7.25. The minimum atomic E-state index is -3.84. The van der Waals surface area contributed by atoms with Gasteiger partial charge >= 0.3 is 0 Å². The molecular formula is C23H21N5O3S. The van der Waals surface area contributed by atoms with E-state index in [-0.39, 0.29) is 10.5 Å². The van der Waals surface area contributed by atoms with E-state index in [0.717, 1.165) is 11.1 Å². The van der Waals surface area contributed by atoms with Crippen LogP contribution in [-0.4, -0.2) is 29.1 Å². The van der Waals surface area contributed by atoms with E-state index in [1.807, 2.05) is 37.3 Å². The summed E-state index contributed by atoms with van der Waals surface area (Å²) in [5.74, 6) is -0.407. The van der Waals surface area contributed by atoms with Gasteiger partial charge in [-0.3, -0.25) is 9.52 Å². The Kier molecular flexibility index (Phi) is 6.00. The van der Waals surface area contributed by atoms with Gasteiger partial charge in [-0.1, -0.05) is 35.9 Å². The van der Waals surface area contributed by atoms with E-state index in [2.05, 4.69) is 20.1 Å². The number of carbonyl (C=O) groups is 1. The maximum Gasteiger partial charge on any atom is 0.261 e. The van der Waals surface area contributed by atoms with Gasteiger partial charge in [-0.05, 0) is 55.0 Å². The van der Waals surface area contributed by atoms with Gasteiger partial charge in [-0.25, -0.2) is 18.1 Å². The Balaban J connectivity index is 1.49. The van der Waals surface area contributed by atoms with E-state index >= 15 is 0 Å². The highest BCUT2D eigenvalue weighted by Crippen LogP contribution is 2.19. The third-order valence-electron chi connectivity index (χ3n) is 4.71. The van der Waals surface area contributed by atoms with Gasteiger partial charge in [0.25, 0.3) is 15.9 Å². The van der Waals surface area contributed by atoms with Crippen molar-refractivity contribution in [1.82, 2.24) is 14.8 Å². The first-order valence-electron chi connectivity index (χ1n) is 9.81. The molecule has 0 atom stereocenters. The van der Waals surface area contributed by atoms with Crippen LogP contribution < -0.4 is 10.0 Å². The summed E-state index contributed by atoms with van der Waals surface area (Å²) < 4.78 is 29.7. The molecule has 0 aliphatic rings. The topological polar surface area (TPSA) is 106 Å². The van der Waals surface area contributed by atoms with E-state index in [1.165, 1.54) is 18.5 Å². The van der Waals surface area contributed by atoms with Crippen molar-refractivity contribution in [2.24, 2.45) is 0 Å². The minimum Gasteiger partial charge on any atom is -0.322 e. The number of benzene rings is 3. The number of hydrogen-bond donors (Lipinski definition) is 2. The van der Waals surface area contributed by atoms with Gasteiger partial charge in [0.15, 0.2) is 0 Å². The molecule has 0 bridgehead atoms. The predicted octanol–water partition coefficient (Wildman–Crippen LogP) is 3.69. The molecule has 0 aliphatic heterocycles. The van der Waals surface area contributed by atoms with E-state index in [4.69, 9.17) is 0 Å². The van der Waals surface area contributed by atoms with Gasteiger partial charge in [-0.15, -0.1) is 0 Å². The lowest BCUT2D eigenvalue weighted by molar-refractivity contribution is 0.102. The van der Waals surface area contributed by atoms with Crippen molar-refractivity contribution < 1.29 is 13.2 Å². The van der Waals surface area contributed by atoms with Crippen LogP contribution in [0.15, 0.2) is 90.3 Å². The summed E-state index contributed by atoms with van der Waals surface area (Å²) in [6, 6.07) is 20.3. The standard InChI is InChI=1S/C23H21N5O3S/c1-17-8-10-20(11-9-17)27-32(30,31)22-7-3-5-19(13-22)23(29)26-21-6-2-4-18(12-21)14-28-16-24-15-25-28/h2-13,15-16,27H,14H2,1H3,(H,26,29). The highest BCUT2D eigenvalue weighted by Gasteiger charge is 2.17. The average molecular weight is 448 g/mol. The lowest BCUT2D eigenvalue weighted by Gasteiger charge is -2.11. The summed E-state index contributed by atoms with van der Waals surface area (Å²) >= 11 is 0. The Hall–Kier alpha value is -3.98. The van der Waals surface area contributed by atoms with Crippen molar-refractivity contribution in [2.75, 3.05) is 10.0 Å². The van der Waals surface area contributed by atoms with Crippen molar-refractivity contribution in [3.8, 4) is 0 Å². The number of sulfonamides is 1. The number of rotatable bonds is 7. The molecule has 0 aliphatic carbocycles. The lowest BCUT2D eigenvalue weighted by Crippen LogP contribution is -2.16. The summed E-state index contributed by atoms with van der Waals surface area (Å²) in [6.07, 6.45) is 3.07. The molecule has 8 nitrogen and oxygen atoms in total. The second-order valence-corrected chi connectivity index (χ2v) is 8.93. The number of anilines is 2. The molecule has 0 saturated heterocycles. The van der Waals surface area contributed by atoms with Gasteiger partial charge in [-0.2, -0.15) is 5.10 Å². The quantitative estimate of drug-likeness (QED) is 0.449. The second kappa shape index (κ2) is 9.03. The zero-order chi connectivity index (χ0) is 22.6. The predicted molar refractivity (Wildman–Crippen MR) is 122 cm³/mol. The van der Waals surface area contributed by atoms with Crippen molar-refractivity contribution >= 4 is 27.3 Å². The molecule has 1 amide bonds. The lowest BCUT2D eigenvalue weighted by atomic mass is 10.1. The maximum absolute atomic E-state index is 12.8. The molecule has 4 rings (SSSR count). The Bertz CT molecular complexity index is 1330. The Morgan fingerprint density at radius 3 is 2.50 bits per heavy atom. The average Bonchev–Trinajstić information content (AvgIpc) is 3.28. The fraction of sp³-hybridized carbons (Fsp3) is 0.0870. The van der Waals surface area contributed by atoms with Crippen LogP contribution in [0.1, 0.15) is 21.5 Å². The Labute approximate surface area is 186 Å². The smallest absolute Gasteiger partial charge is 0.261 e. The summed E-state index contributed by atoms with van der Waals surface area (Å²) in [5.41, 5.74) is 3.25. The molecule has 32 heavy (non-hydrogen) atoms. The number of nitrogens with one attached hydrogen (secondary N) is 2. The summed E-state index contributed by atoms with van der Waals surface area (Å²) in [5, 5.41) is 6.89. The number of carbonyl (C=O) groups excluding carboxylic acids is 1. The first-order valence-corrected chi connectivity index (χ1v) is 11.3. The van der Waals surface area contributed by atoms with Crippen molar-refractivity contribution in [3.05, 3.63) is 102 Å². The largest absolute Gasteiger partial charge is 0.322 e. The third-order valence-corrected chi connectivity index (χ3v) is 6.09. The fourth-order valence-corrected chi connectivity index (χ4v) is 4.20. The van der Waals surface area contributed by atoms with E-state index in [9.17, 15) is 13.2 Å². The maximum atomic E-state index is 12.8. The monoisotopic (exact) mass is 447 g/mol. The zero-order valence-electron chi connectivity index (χ0n) is 17.3. The molecule has 4 aromatic rings. The van der Waals surface area contributed by atoms with Crippen molar-refractivity contribution in [3.63, 3.8) is 0 Å². The van der Waals surface area contributed by atoms with Crippen LogP contribution in [0.5, 0.6) is 0 Å².